The van der Waals surface area contributed by atoms with E-state index in [4.69, 9.17) is 4.98 Å². The number of nitrogens with zero attached hydrogens (tertiary/aromatic N) is 2. The van der Waals surface area contributed by atoms with Crippen LogP contribution in [0.5, 0.6) is 0 Å². The number of hydrogen-bond donors (Lipinski definition) is 2. The van der Waals surface area contributed by atoms with Crippen molar-refractivity contribution in [2.75, 3.05) is 17.2 Å². The average molecular weight is 358 g/mol. The van der Waals surface area contributed by atoms with Crippen molar-refractivity contribution < 1.29 is 4.79 Å². The smallest absolute Gasteiger partial charge is 0.228 e. The summed E-state index contributed by atoms with van der Waals surface area (Å²) in [5.41, 5.74) is 7.28. The fraction of sp³-hybridized carbons (Fsp3) is 0.227. The first kappa shape index (κ1) is 17.2. The molecule has 4 rings (SSSR count). The molecule has 0 fully saturated rings. The predicted molar refractivity (Wildman–Crippen MR) is 108 cm³/mol. The van der Waals surface area contributed by atoms with Crippen LogP contribution in [0, 0.1) is 13.8 Å². The van der Waals surface area contributed by atoms with E-state index in [0.29, 0.717) is 5.95 Å². The first-order valence-corrected chi connectivity index (χ1v) is 9.15. The molecule has 1 aromatic heterocycles. The largest absolute Gasteiger partial charge is 0.354 e. The molecule has 0 radical (unpaired) electrons. The molecule has 0 atom stereocenters. The Balaban J connectivity index is 1.56. The monoisotopic (exact) mass is 358 g/mol. The summed E-state index contributed by atoms with van der Waals surface area (Å²) in [6, 6.07) is 14.3. The van der Waals surface area contributed by atoms with Gasteiger partial charge in [-0.1, -0.05) is 42.0 Å². The van der Waals surface area contributed by atoms with Crippen LogP contribution in [0.1, 0.15) is 22.3 Å². The van der Waals surface area contributed by atoms with Crippen molar-refractivity contribution in [1.82, 2.24) is 9.97 Å². The minimum atomic E-state index is -0.0413. The number of carbonyl (C=O) groups is 1. The molecule has 3 aromatic rings. The number of rotatable bonds is 4. The lowest BCUT2D eigenvalue weighted by Gasteiger charge is -2.11. The molecule has 1 aliphatic heterocycles. The van der Waals surface area contributed by atoms with Gasteiger partial charge in [-0.25, -0.2) is 9.97 Å². The lowest BCUT2D eigenvalue weighted by atomic mass is 10.0. The molecule has 0 saturated carbocycles. The van der Waals surface area contributed by atoms with Gasteiger partial charge in [0.2, 0.25) is 11.9 Å². The number of aromatic nitrogens is 2. The molecule has 0 unspecified atom stereocenters. The zero-order valence-corrected chi connectivity index (χ0v) is 15.5. The first-order valence-electron chi connectivity index (χ1n) is 9.15. The Morgan fingerprint density at radius 3 is 2.89 bits per heavy atom. The summed E-state index contributed by atoms with van der Waals surface area (Å²) in [7, 11) is 0. The second kappa shape index (κ2) is 7.19. The molecule has 27 heavy (non-hydrogen) atoms. The molecular weight excluding hydrogens is 336 g/mol. The molecule has 0 saturated heterocycles. The zero-order valence-electron chi connectivity index (χ0n) is 15.5. The predicted octanol–water partition coefficient (Wildman–Crippen LogP) is 3.91. The summed E-state index contributed by atoms with van der Waals surface area (Å²) in [5.74, 6) is 0.545. The van der Waals surface area contributed by atoms with E-state index in [1.54, 1.807) is 6.20 Å². The van der Waals surface area contributed by atoms with Gasteiger partial charge in [0.15, 0.2) is 0 Å². The molecule has 1 aliphatic rings. The Hall–Kier alpha value is -3.21. The maximum atomic E-state index is 12.1. The maximum absolute atomic E-state index is 12.1. The minimum Gasteiger partial charge on any atom is -0.354 e. The van der Waals surface area contributed by atoms with E-state index in [2.05, 4.69) is 47.7 Å². The third-order valence-electron chi connectivity index (χ3n) is 4.85. The molecule has 0 spiro atoms. The van der Waals surface area contributed by atoms with E-state index in [9.17, 15) is 4.79 Å². The molecule has 0 aliphatic carbocycles. The number of benzene rings is 2. The fourth-order valence-corrected chi connectivity index (χ4v) is 3.40. The second-order valence-corrected chi connectivity index (χ2v) is 6.94. The molecule has 2 N–H and O–H groups in total. The van der Waals surface area contributed by atoms with Crippen molar-refractivity contribution in [3.8, 4) is 11.3 Å². The molecule has 2 aromatic carbocycles. The Kier molecular flexibility index (Phi) is 4.59. The van der Waals surface area contributed by atoms with Gasteiger partial charge in [0, 0.05) is 23.9 Å². The lowest BCUT2D eigenvalue weighted by molar-refractivity contribution is -0.115. The number of anilines is 2. The summed E-state index contributed by atoms with van der Waals surface area (Å²) in [5, 5.41) is 6.26. The Morgan fingerprint density at radius 2 is 2.00 bits per heavy atom. The van der Waals surface area contributed by atoms with Crippen molar-refractivity contribution in [3.63, 3.8) is 0 Å². The van der Waals surface area contributed by atoms with Crippen LogP contribution in [-0.2, 0) is 17.6 Å². The van der Waals surface area contributed by atoms with E-state index < -0.39 is 0 Å². The Bertz CT molecular complexity index is 1010. The van der Waals surface area contributed by atoms with Crippen LogP contribution in [0.25, 0.3) is 11.3 Å². The highest BCUT2D eigenvalue weighted by Gasteiger charge is 2.20. The summed E-state index contributed by atoms with van der Waals surface area (Å²) in [6.07, 6.45) is 2.95. The molecule has 2 heterocycles. The normalized spacial score (nSPS) is 12.6. The summed E-state index contributed by atoms with van der Waals surface area (Å²) >= 11 is 0. The number of amides is 1. The summed E-state index contributed by atoms with van der Waals surface area (Å²) in [4.78, 5) is 21.2. The van der Waals surface area contributed by atoms with Crippen LogP contribution in [0.3, 0.4) is 0 Å². The second-order valence-electron chi connectivity index (χ2n) is 6.94. The first-order chi connectivity index (χ1) is 13.1. The standard InChI is InChI=1S/C22H22N4O/c1-14-7-8-15(2)16(11-14)9-10-23-22-24-13-17-12-20(27)25-19-6-4-3-5-18(19)21(17)26-22/h3-8,11,13H,9-10,12H2,1-2H3,(H,25,27)(H,23,24,26). The van der Waals surface area contributed by atoms with Crippen molar-refractivity contribution in [2.45, 2.75) is 26.7 Å². The molecule has 5 heteroatoms. The fourth-order valence-electron chi connectivity index (χ4n) is 3.40. The molecule has 0 bridgehead atoms. The number of nitrogens with one attached hydrogen (secondary N) is 2. The summed E-state index contributed by atoms with van der Waals surface area (Å²) < 4.78 is 0. The third-order valence-corrected chi connectivity index (χ3v) is 4.85. The average Bonchev–Trinajstić information content (AvgIpc) is 2.80. The van der Waals surface area contributed by atoms with Crippen molar-refractivity contribution in [3.05, 3.63) is 70.9 Å². The van der Waals surface area contributed by atoms with E-state index in [0.717, 1.165) is 35.5 Å². The van der Waals surface area contributed by atoms with Gasteiger partial charge < -0.3 is 10.6 Å². The third kappa shape index (κ3) is 3.67. The number of fused-ring (bicyclic) bond motifs is 3. The van der Waals surface area contributed by atoms with E-state index in [-0.39, 0.29) is 12.3 Å². The van der Waals surface area contributed by atoms with Gasteiger partial charge in [0.25, 0.3) is 0 Å². The van der Waals surface area contributed by atoms with Gasteiger partial charge in [-0.05, 0) is 37.5 Å². The Morgan fingerprint density at radius 1 is 1.15 bits per heavy atom. The van der Waals surface area contributed by atoms with Crippen LogP contribution in [-0.4, -0.2) is 22.4 Å². The highest BCUT2D eigenvalue weighted by molar-refractivity contribution is 5.99. The minimum absolute atomic E-state index is 0.0413. The molecule has 1 amide bonds. The molecular formula is C22H22N4O. The van der Waals surface area contributed by atoms with Gasteiger partial charge >= 0.3 is 0 Å². The highest BCUT2D eigenvalue weighted by Crippen LogP contribution is 2.32. The maximum Gasteiger partial charge on any atom is 0.228 e. The van der Waals surface area contributed by atoms with Crippen LogP contribution in [0.15, 0.2) is 48.7 Å². The van der Waals surface area contributed by atoms with Crippen molar-refractivity contribution in [1.29, 1.82) is 0 Å². The lowest BCUT2D eigenvalue weighted by Crippen LogP contribution is -2.13. The quantitative estimate of drug-likeness (QED) is 0.742. The van der Waals surface area contributed by atoms with Crippen LogP contribution in [0.2, 0.25) is 0 Å². The highest BCUT2D eigenvalue weighted by atomic mass is 16.1. The number of aryl methyl sites for hydroxylation is 2. The van der Waals surface area contributed by atoms with Crippen molar-refractivity contribution in [2.24, 2.45) is 0 Å². The van der Waals surface area contributed by atoms with Crippen molar-refractivity contribution >= 4 is 17.5 Å². The number of hydrogen-bond acceptors (Lipinski definition) is 4. The van der Waals surface area contributed by atoms with Gasteiger partial charge in [0.1, 0.15) is 0 Å². The van der Waals surface area contributed by atoms with Gasteiger partial charge in [0.05, 0.1) is 17.8 Å². The summed E-state index contributed by atoms with van der Waals surface area (Å²) in [6.45, 7) is 5.00. The SMILES string of the molecule is Cc1ccc(C)c(CCNc2ncc3c(n2)-c2ccccc2NC(=O)C3)c1. The van der Waals surface area contributed by atoms with E-state index in [1.165, 1.54) is 16.7 Å². The van der Waals surface area contributed by atoms with Crippen LogP contribution < -0.4 is 10.6 Å². The van der Waals surface area contributed by atoms with Gasteiger partial charge in [-0.3, -0.25) is 4.79 Å². The van der Waals surface area contributed by atoms with E-state index >= 15 is 0 Å². The molecule has 136 valence electrons. The van der Waals surface area contributed by atoms with Crippen LogP contribution >= 0.6 is 0 Å². The topological polar surface area (TPSA) is 66.9 Å². The zero-order chi connectivity index (χ0) is 18.8. The number of para-hydroxylation sites is 1. The van der Waals surface area contributed by atoms with Gasteiger partial charge in [-0.2, -0.15) is 0 Å². The molecule has 5 nitrogen and oxygen atoms in total. The van der Waals surface area contributed by atoms with Crippen LogP contribution in [0.4, 0.5) is 11.6 Å². The van der Waals surface area contributed by atoms with E-state index in [1.807, 2.05) is 24.3 Å². The van der Waals surface area contributed by atoms with Gasteiger partial charge in [-0.15, -0.1) is 0 Å². The Labute approximate surface area is 158 Å². The number of carbonyl (C=O) groups excluding carboxylic acids is 1.